The van der Waals surface area contributed by atoms with Crippen molar-refractivity contribution in [3.05, 3.63) is 32.6 Å². The second-order valence-corrected chi connectivity index (χ2v) is 5.95. The summed E-state index contributed by atoms with van der Waals surface area (Å²) >= 11 is 1.17. The van der Waals surface area contributed by atoms with Gasteiger partial charge in [0.1, 0.15) is 0 Å². The average molecular weight is 288 g/mol. The van der Waals surface area contributed by atoms with Crippen molar-refractivity contribution in [2.75, 3.05) is 13.7 Å². The van der Waals surface area contributed by atoms with E-state index in [0.29, 0.717) is 5.56 Å². The van der Waals surface area contributed by atoms with Crippen LogP contribution in [0.2, 0.25) is 0 Å². The highest BCUT2D eigenvalue weighted by Crippen LogP contribution is 2.48. The lowest BCUT2D eigenvalue weighted by Crippen LogP contribution is -2.40. The molecular weight excluding hydrogens is 272 g/mol. The Hall–Kier alpha value is -1.09. The second-order valence-electron chi connectivity index (χ2n) is 4.48. The van der Waals surface area contributed by atoms with E-state index in [1.807, 2.05) is 0 Å². The number of H-pyrrole nitrogens is 1. The number of nitrogens with one attached hydrogen (secondary N) is 1. The highest BCUT2D eigenvalue weighted by Gasteiger charge is 2.48. The van der Waals surface area contributed by atoms with Crippen molar-refractivity contribution in [1.29, 1.82) is 0 Å². The Balaban J connectivity index is 2.38. The first-order valence-corrected chi connectivity index (χ1v) is 6.65. The Bertz CT molecular complexity index is 577. The molecule has 1 fully saturated rings. The first kappa shape index (κ1) is 14.3. The quantitative estimate of drug-likeness (QED) is 0.671. The molecule has 8 heteroatoms. The van der Waals surface area contributed by atoms with Crippen LogP contribution in [-0.2, 0) is 4.74 Å². The van der Waals surface area contributed by atoms with E-state index in [0.717, 1.165) is 0 Å². The highest BCUT2D eigenvalue weighted by atomic mass is 32.2. The maximum absolute atomic E-state index is 11.8. The number of aliphatic hydroxyl groups excluding tert-OH is 2. The van der Waals surface area contributed by atoms with Crippen LogP contribution in [0, 0.1) is 6.92 Å². The Kier molecular flexibility index (Phi) is 3.86. The van der Waals surface area contributed by atoms with Gasteiger partial charge in [-0.2, -0.15) is 0 Å². The van der Waals surface area contributed by atoms with E-state index in [-0.39, 0.29) is 13.0 Å². The first-order chi connectivity index (χ1) is 8.93. The minimum Gasteiger partial charge on any atom is -0.392 e. The van der Waals surface area contributed by atoms with Gasteiger partial charge in [0.25, 0.3) is 5.56 Å². The van der Waals surface area contributed by atoms with Crippen LogP contribution in [0.15, 0.2) is 15.8 Å². The third-order valence-corrected chi connectivity index (χ3v) is 4.95. The van der Waals surface area contributed by atoms with Crippen molar-refractivity contribution in [2.24, 2.45) is 0 Å². The van der Waals surface area contributed by atoms with Crippen molar-refractivity contribution in [2.45, 2.75) is 29.8 Å². The van der Waals surface area contributed by atoms with Crippen molar-refractivity contribution in [3.63, 3.8) is 0 Å². The zero-order valence-electron chi connectivity index (χ0n) is 10.6. The summed E-state index contributed by atoms with van der Waals surface area (Å²) in [6, 6.07) is 0. The summed E-state index contributed by atoms with van der Waals surface area (Å²) in [5.41, 5.74) is -0.552. The molecule has 106 valence electrons. The predicted molar refractivity (Wildman–Crippen MR) is 70.1 cm³/mol. The zero-order chi connectivity index (χ0) is 14.2. The molecule has 0 saturated carbocycles. The number of aliphatic hydroxyl groups is 2. The van der Waals surface area contributed by atoms with Gasteiger partial charge in [-0.05, 0) is 6.92 Å². The second kappa shape index (κ2) is 5.12. The van der Waals surface area contributed by atoms with Crippen LogP contribution in [0.1, 0.15) is 17.4 Å². The molecule has 0 aromatic carbocycles. The Labute approximate surface area is 113 Å². The SMILES string of the molecule is CO[C@]1(CO)S[C@@H](n2cc(C)c(=O)[nH]c2=O)C[C@@H]1O. The van der Waals surface area contributed by atoms with Gasteiger partial charge in [0, 0.05) is 25.3 Å². The van der Waals surface area contributed by atoms with Gasteiger partial charge in [0.15, 0.2) is 4.93 Å². The number of ether oxygens (including phenoxy) is 1. The van der Waals surface area contributed by atoms with E-state index in [4.69, 9.17) is 4.74 Å². The fourth-order valence-electron chi connectivity index (χ4n) is 2.09. The molecule has 1 aromatic rings. The Morgan fingerprint density at radius 3 is 2.84 bits per heavy atom. The summed E-state index contributed by atoms with van der Waals surface area (Å²) in [6.07, 6.45) is 0.815. The van der Waals surface area contributed by atoms with Gasteiger partial charge in [0.05, 0.1) is 18.1 Å². The van der Waals surface area contributed by atoms with Crippen LogP contribution in [0.25, 0.3) is 0 Å². The van der Waals surface area contributed by atoms with Crippen LogP contribution in [0.4, 0.5) is 0 Å². The van der Waals surface area contributed by atoms with Crippen molar-refractivity contribution in [3.8, 4) is 0 Å². The van der Waals surface area contributed by atoms with E-state index >= 15 is 0 Å². The molecule has 0 bridgehead atoms. The number of rotatable bonds is 3. The third-order valence-electron chi connectivity index (χ3n) is 3.29. The fourth-order valence-corrected chi connectivity index (χ4v) is 3.52. The van der Waals surface area contributed by atoms with Crippen molar-refractivity contribution in [1.82, 2.24) is 9.55 Å². The summed E-state index contributed by atoms with van der Waals surface area (Å²) in [7, 11) is 1.40. The minimum atomic E-state index is -1.13. The highest BCUT2D eigenvalue weighted by molar-refractivity contribution is 8.00. The average Bonchev–Trinajstić information content (AvgIpc) is 2.71. The molecule has 0 spiro atoms. The molecule has 0 amide bonds. The number of hydrogen-bond donors (Lipinski definition) is 3. The molecule has 0 unspecified atom stereocenters. The molecule has 1 aliphatic heterocycles. The molecule has 3 N–H and O–H groups in total. The Morgan fingerprint density at radius 1 is 1.63 bits per heavy atom. The van der Waals surface area contributed by atoms with Gasteiger partial charge >= 0.3 is 5.69 Å². The first-order valence-electron chi connectivity index (χ1n) is 5.77. The van der Waals surface area contributed by atoms with Crippen molar-refractivity contribution < 1.29 is 14.9 Å². The lowest BCUT2D eigenvalue weighted by Gasteiger charge is -2.27. The van der Waals surface area contributed by atoms with Gasteiger partial charge in [0.2, 0.25) is 0 Å². The largest absolute Gasteiger partial charge is 0.392 e. The summed E-state index contributed by atoms with van der Waals surface area (Å²) in [4.78, 5) is 24.2. The van der Waals surface area contributed by atoms with Crippen LogP contribution in [0.5, 0.6) is 0 Å². The number of methoxy groups -OCH3 is 1. The number of hydrogen-bond acceptors (Lipinski definition) is 6. The predicted octanol–water partition coefficient (Wildman–Crippen LogP) is -0.824. The smallest absolute Gasteiger partial charge is 0.329 e. The van der Waals surface area contributed by atoms with E-state index in [1.165, 1.54) is 29.6 Å². The molecule has 2 heterocycles. The van der Waals surface area contributed by atoms with E-state index in [9.17, 15) is 19.8 Å². The molecule has 1 saturated heterocycles. The number of aromatic amines is 1. The molecule has 0 radical (unpaired) electrons. The molecule has 1 aliphatic rings. The van der Waals surface area contributed by atoms with Gasteiger partial charge in [-0.3, -0.25) is 14.3 Å². The molecule has 3 atom stereocenters. The maximum Gasteiger partial charge on any atom is 0.329 e. The van der Waals surface area contributed by atoms with E-state index < -0.39 is 27.7 Å². The number of nitrogens with zero attached hydrogens (tertiary/aromatic N) is 1. The topological polar surface area (TPSA) is 105 Å². The summed E-state index contributed by atoms with van der Waals surface area (Å²) in [5.74, 6) is 0. The standard InChI is InChI=1S/C11H16N2O5S/c1-6-4-13(10(17)12-9(6)16)8-3-7(15)11(5-14,18-2)19-8/h4,7-8,14-15H,3,5H2,1-2H3,(H,12,16,17)/t7-,8+,11+/m0/s1. The number of aryl methyl sites for hydroxylation is 1. The molecule has 0 aliphatic carbocycles. The van der Waals surface area contributed by atoms with Gasteiger partial charge in [-0.15, -0.1) is 0 Å². The minimum absolute atomic E-state index is 0.254. The summed E-state index contributed by atoms with van der Waals surface area (Å²) in [6.45, 7) is 1.24. The summed E-state index contributed by atoms with van der Waals surface area (Å²) in [5, 5.41) is 19.0. The normalized spacial score (nSPS) is 30.7. The van der Waals surface area contributed by atoms with Gasteiger partial charge in [-0.1, -0.05) is 11.8 Å². The Morgan fingerprint density at radius 2 is 2.32 bits per heavy atom. The lowest BCUT2D eigenvalue weighted by molar-refractivity contribution is -0.0611. The third kappa shape index (κ3) is 2.36. The van der Waals surface area contributed by atoms with E-state index in [1.54, 1.807) is 6.92 Å². The molecule has 1 aromatic heterocycles. The molecule has 2 rings (SSSR count). The van der Waals surface area contributed by atoms with Gasteiger partial charge in [-0.25, -0.2) is 4.79 Å². The van der Waals surface area contributed by atoms with Crippen LogP contribution < -0.4 is 11.2 Å². The fraction of sp³-hybridized carbons (Fsp3) is 0.636. The van der Waals surface area contributed by atoms with Crippen LogP contribution in [0.3, 0.4) is 0 Å². The maximum atomic E-state index is 11.8. The van der Waals surface area contributed by atoms with Gasteiger partial charge < -0.3 is 14.9 Å². The lowest BCUT2D eigenvalue weighted by atomic mass is 10.1. The molecule has 7 nitrogen and oxygen atoms in total. The van der Waals surface area contributed by atoms with E-state index in [2.05, 4.69) is 4.98 Å². The summed E-state index contributed by atoms with van der Waals surface area (Å²) < 4.78 is 6.53. The number of thioether (sulfide) groups is 1. The molecule has 19 heavy (non-hydrogen) atoms. The number of aromatic nitrogens is 2. The van der Waals surface area contributed by atoms with Crippen LogP contribution >= 0.6 is 11.8 Å². The van der Waals surface area contributed by atoms with Crippen LogP contribution in [-0.4, -0.2) is 44.5 Å². The monoisotopic (exact) mass is 288 g/mol. The van der Waals surface area contributed by atoms with Crippen molar-refractivity contribution >= 4 is 11.8 Å². The zero-order valence-corrected chi connectivity index (χ0v) is 11.4. The molecular formula is C11H16N2O5S.